The zero-order chi connectivity index (χ0) is 13.7. The number of amides is 1. The number of benzene rings is 1. The molecule has 1 aromatic rings. The van der Waals surface area contributed by atoms with Crippen LogP contribution in [-0.2, 0) is 4.79 Å². The van der Waals surface area contributed by atoms with Crippen molar-refractivity contribution in [3.63, 3.8) is 0 Å². The number of halogens is 1. The van der Waals surface area contributed by atoms with Gasteiger partial charge in [0.2, 0.25) is 5.91 Å². The number of nitrogens with one attached hydrogen (secondary N) is 2. The van der Waals surface area contributed by atoms with Gasteiger partial charge in [0.25, 0.3) is 0 Å². The topological polar surface area (TPSA) is 41.1 Å². The molecule has 2 unspecified atom stereocenters. The summed E-state index contributed by atoms with van der Waals surface area (Å²) in [6, 6.07) is 8.19. The lowest BCUT2D eigenvalue weighted by Gasteiger charge is -2.14. The van der Waals surface area contributed by atoms with Crippen molar-refractivity contribution < 1.29 is 4.79 Å². The normalized spacial score (nSPS) is 20.2. The van der Waals surface area contributed by atoms with Crippen LogP contribution in [0.3, 0.4) is 0 Å². The highest BCUT2D eigenvalue weighted by atomic mass is 79.9. The van der Waals surface area contributed by atoms with Crippen LogP contribution >= 0.6 is 15.9 Å². The summed E-state index contributed by atoms with van der Waals surface area (Å²) in [6.07, 6.45) is 1.73. The highest BCUT2D eigenvalue weighted by Crippen LogP contribution is 2.21. The molecule has 1 heterocycles. The molecule has 1 aliphatic heterocycles. The van der Waals surface area contributed by atoms with E-state index < -0.39 is 0 Å². The predicted octanol–water partition coefficient (Wildman–Crippen LogP) is 2.67. The van der Waals surface area contributed by atoms with Crippen LogP contribution in [-0.4, -0.2) is 25.5 Å². The molecular formula is C15H21BrN2O. The van der Waals surface area contributed by atoms with Crippen LogP contribution in [0.25, 0.3) is 0 Å². The first-order valence-electron chi connectivity index (χ1n) is 6.88. The van der Waals surface area contributed by atoms with E-state index in [4.69, 9.17) is 0 Å². The molecule has 0 bridgehead atoms. The van der Waals surface area contributed by atoms with Crippen molar-refractivity contribution in [2.75, 3.05) is 19.6 Å². The molecule has 0 saturated carbocycles. The molecule has 0 aliphatic carbocycles. The molecule has 1 saturated heterocycles. The first kappa shape index (κ1) is 14.5. The van der Waals surface area contributed by atoms with Gasteiger partial charge in [0.15, 0.2) is 0 Å². The maximum Gasteiger partial charge on any atom is 0.220 e. The van der Waals surface area contributed by atoms with Crippen molar-refractivity contribution in [3.05, 3.63) is 34.3 Å². The summed E-state index contributed by atoms with van der Waals surface area (Å²) in [5.74, 6) is 1.02. The smallest absolute Gasteiger partial charge is 0.220 e. The summed E-state index contributed by atoms with van der Waals surface area (Å²) in [5.41, 5.74) is 1.21. The molecule has 1 aliphatic rings. The molecule has 1 aromatic carbocycles. The third-order valence-corrected chi connectivity index (χ3v) is 4.21. The average molecular weight is 325 g/mol. The van der Waals surface area contributed by atoms with Gasteiger partial charge in [-0.15, -0.1) is 0 Å². The van der Waals surface area contributed by atoms with Gasteiger partial charge in [0, 0.05) is 17.4 Å². The molecule has 1 fully saturated rings. The minimum atomic E-state index is 0.155. The zero-order valence-corrected chi connectivity index (χ0v) is 12.9. The van der Waals surface area contributed by atoms with Gasteiger partial charge in [-0.2, -0.15) is 0 Å². The van der Waals surface area contributed by atoms with Crippen molar-refractivity contribution in [3.8, 4) is 0 Å². The molecule has 3 nitrogen and oxygen atoms in total. The van der Waals surface area contributed by atoms with E-state index in [2.05, 4.69) is 45.6 Å². The molecule has 19 heavy (non-hydrogen) atoms. The van der Waals surface area contributed by atoms with Gasteiger partial charge in [-0.05, 0) is 49.0 Å². The number of carbonyl (C=O) groups excluding carboxylic acids is 1. The fourth-order valence-corrected chi connectivity index (χ4v) is 2.67. The van der Waals surface area contributed by atoms with Crippen LogP contribution in [0.1, 0.15) is 31.2 Å². The van der Waals surface area contributed by atoms with E-state index >= 15 is 0 Å². The fourth-order valence-electron chi connectivity index (χ4n) is 2.41. The van der Waals surface area contributed by atoms with Gasteiger partial charge in [0.05, 0.1) is 0 Å². The molecule has 0 aromatic heterocycles. The second-order valence-electron chi connectivity index (χ2n) is 5.32. The van der Waals surface area contributed by atoms with Crippen molar-refractivity contribution in [2.45, 2.75) is 25.7 Å². The lowest BCUT2D eigenvalue weighted by Crippen LogP contribution is -2.30. The maximum absolute atomic E-state index is 11.9. The van der Waals surface area contributed by atoms with Crippen LogP contribution in [0, 0.1) is 5.92 Å². The fraction of sp³-hybridized carbons (Fsp3) is 0.533. The number of rotatable bonds is 5. The Morgan fingerprint density at radius 1 is 1.47 bits per heavy atom. The maximum atomic E-state index is 11.9. The molecule has 2 rings (SSSR count). The lowest BCUT2D eigenvalue weighted by molar-refractivity contribution is -0.121. The first-order valence-corrected chi connectivity index (χ1v) is 7.67. The Bertz CT molecular complexity index is 413. The Morgan fingerprint density at radius 3 is 2.84 bits per heavy atom. The summed E-state index contributed by atoms with van der Waals surface area (Å²) in [5, 5.41) is 6.36. The standard InChI is InChI=1S/C15H21BrN2O/c1-11(13-2-4-14(16)5-3-13)8-15(19)18-10-12-6-7-17-9-12/h2-5,11-12,17H,6-10H2,1H3,(H,18,19). The average Bonchev–Trinajstić information content (AvgIpc) is 2.90. The van der Waals surface area contributed by atoms with Crippen molar-refractivity contribution in [1.29, 1.82) is 0 Å². The first-order chi connectivity index (χ1) is 9.15. The Labute approximate surface area is 123 Å². The van der Waals surface area contributed by atoms with Crippen LogP contribution < -0.4 is 10.6 Å². The molecule has 2 atom stereocenters. The van der Waals surface area contributed by atoms with Gasteiger partial charge in [-0.3, -0.25) is 4.79 Å². The number of hydrogen-bond acceptors (Lipinski definition) is 2. The quantitative estimate of drug-likeness (QED) is 0.874. The number of carbonyl (C=O) groups is 1. The second kappa shape index (κ2) is 7.06. The summed E-state index contributed by atoms with van der Waals surface area (Å²) in [6.45, 7) is 5.01. The molecular weight excluding hydrogens is 304 g/mol. The van der Waals surface area contributed by atoms with E-state index in [0.717, 1.165) is 24.1 Å². The van der Waals surface area contributed by atoms with Crippen molar-refractivity contribution in [2.24, 2.45) is 5.92 Å². The summed E-state index contributed by atoms with van der Waals surface area (Å²) < 4.78 is 1.07. The Hall–Kier alpha value is -0.870. The van der Waals surface area contributed by atoms with E-state index in [0.29, 0.717) is 12.3 Å². The van der Waals surface area contributed by atoms with Crippen LogP contribution in [0.4, 0.5) is 0 Å². The molecule has 104 valence electrons. The largest absolute Gasteiger partial charge is 0.356 e. The molecule has 1 amide bonds. The number of hydrogen-bond donors (Lipinski definition) is 2. The summed E-state index contributed by atoms with van der Waals surface area (Å²) in [7, 11) is 0. The molecule has 2 N–H and O–H groups in total. The zero-order valence-electron chi connectivity index (χ0n) is 11.3. The van der Waals surface area contributed by atoms with Crippen molar-refractivity contribution >= 4 is 21.8 Å². The molecule has 4 heteroatoms. The molecule has 0 radical (unpaired) electrons. The third-order valence-electron chi connectivity index (χ3n) is 3.68. The van der Waals surface area contributed by atoms with Crippen LogP contribution in [0.5, 0.6) is 0 Å². The monoisotopic (exact) mass is 324 g/mol. The second-order valence-corrected chi connectivity index (χ2v) is 6.24. The highest BCUT2D eigenvalue weighted by molar-refractivity contribution is 9.10. The van der Waals surface area contributed by atoms with E-state index in [1.54, 1.807) is 0 Å². The minimum absolute atomic E-state index is 0.155. The van der Waals surface area contributed by atoms with E-state index in [1.807, 2.05) is 12.1 Å². The minimum Gasteiger partial charge on any atom is -0.356 e. The van der Waals surface area contributed by atoms with E-state index in [1.165, 1.54) is 12.0 Å². The van der Waals surface area contributed by atoms with Gasteiger partial charge in [-0.25, -0.2) is 0 Å². The van der Waals surface area contributed by atoms with Gasteiger partial charge >= 0.3 is 0 Å². The Balaban J connectivity index is 1.76. The summed E-state index contributed by atoms with van der Waals surface area (Å²) in [4.78, 5) is 11.9. The van der Waals surface area contributed by atoms with Crippen LogP contribution in [0.2, 0.25) is 0 Å². The van der Waals surface area contributed by atoms with E-state index in [-0.39, 0.29) is 11.8 Å². The van der Waals surface area contributed by atoms with Crippen molar-refractivity contribution in [1.82, 2.24) is 10.6 Å². The molecule has 0 spiro atoms. The highest BCUT2D eigenvalue weighted by Gasteiger charge is 2.16. The van der Waals surface area contributed by atoms with Crippen LogP contribution in [0.15, 0.2) is 28.7 Å². The van der Waals surface area contributed by atoms with Gasteiger partial charge < -0.3 is 10.6 Å². The van der Waals surface area contributed by atoms with Gasteiger partial charge in [-0.1, -0.05) is 35.0 Å². The summed E-state index contributed by atoms with van der Waals surface area (Å²) >= 11 is 3.42. The van der Waals surface area contributed by atoms with Gasteiger partial charge in [0.1, 0.15) is 0 Å². The third kappa shape index (κ3) is 4.62. The lowest BCUT2D eigenvalue weighted by atomic mass is 9.97. The predicted molar refractivity (Wildman–Crippen MR) is 81.2 cm³/mol. The Kier molecular flexibility index (Phi) is 5.40. The SMILES string of the molecule is CC(CC(=O)NCC1CCNC1)c1ccc(Br)cc1. The van der Waals surface area contributed by atoms with E-state index in [9.17, 15) is 4.79 Å². The Morgan fingerprint density at radius 2 is 2.21 bits per heavy atom.